The lowest BCUT2D eigenvalue weighted by molar-refractivity contribution is -0.00290. The Morgan fingerprint density at radius 1 is 1.36 bits per heavy atom. The molecule has 0 radical (unpaired) electrons. The molecule has 6 heteroatoms. The number of hydrogen-bond acceptors (Lipinski definition) is 4. The zero-order valence-corrected chi connectivity index (χ0v) is 13.4. The summed E-state index contributed by atoms with van der Waals surface area (Å²) in [5, 5.41) is 13.1. The number of aliphatic hydroxyl groups is 1. The molecule has 0 bridgehead atoms. The van der Waals surface area contributed by atoms with E-state index in [0.717, 1.165) is 18.5 Å². The summed E-state index contributed by atoms with van der Waals surface area (Å²) in [5.41, 5.74) is 0.795. The maximum atomic E-state index is 12.6. The van der Waals surface area contributed by atoms with Gasteiger partial charge in [-0.05, 0) is 40.5 Å². The van der Waals surface area contributed by atoms with E-state index in [0.29, 0.717) is 22.6 Å². The minimum absolute atomic E-state index is 0.263. The van der Waals surface area contributed by atoms with E-state index in [1.165, 1.54) is 0 Å². The van der Waals surface area contributed by atoms with Gasteiger partial charge in [0.15, 0.2) is 5.65 Å². The number of aromatic nitrogens is 3. The Labute approximate surface area is 129 Å². The number of hydrogen-bond donors (Lipinski definition) is 3. The van der Waals surface area contributed by atoms with E-state index >= 15 is 0 Å². The van der Waals surface area contributed by atoms with Crippen LogP contribution < -0.4 is 5.32 Å². The van der Waals surface area contributed by atoms with Gasteiger partial charge in [0.05, 0.1) is 28.6 Å². The molecule has 2 aromatic heterocycles. The molecule has 2 aromatic rings. The van der Waals surface area contributed by atoms with E-state index in [-0.39, 0.29) is 5.91 Å². The Balaban J connectivity index is 1.92. The molecular weight excluding hydrogens is 280 g/mol. The number of carbonyl (C=O) groups excluding carboxylic acids is 1. The van der Waals surface area contributed by atoms with Gasteiger partial charge in [0.2, 0.25) is 0 Å². The van der Waals surface area contributed by atoms with Crippen LogP contribution in [0.5, 0.6) is 0 Å². The van der Waals surface area contributed by atoms with Gasteiger partial charge in [-0.15, -0.1) is 0 Å². The van der Waals surface area contributed by atoms with Crippen LogP contribution in [0.3, 0.4) is 0 Å². The molecule has 1 saturated carbocycles. The van der Waals surface area contributed by atoms with Crippen molar-refractivity contribution in [3.8, 4) is 0 Å². The molecular formula is C16H22N4O2. The number of fused-ring (bicyclic) bond motifs is 1. The van der Waals surface area contributed by atoms with Crippen molar-refractivity contribution in [2.24, 2.45) is 0 Å². The van der Waals surface area contributed by atoms with Gasteiger partial charge in [-0.2, -0.15) is 0 Å². The van der Waals surface area contributed by atoms with Crippen molar-refractivity contribution in [2.75, 3.05) is 0 Å². The van der Waals surface area contributed by atoms with E-state index in [1.54, 1.807) is 40.1 Å². The smallest absolute Gasteiger partial charge is 0.255 e. The van der Waals surface area contributed by atoms with Crippen molar-refractivity contribution in [3.05, 3.63) is 23.7 Å². The van der Waals surface area contributed by atoms with E-state index in [2.05, 4.69) is 20.3 Å². The predicted molar refractivity (Wildman–Crippen MR) is 83.7 cm³/mol. The summed E-state index contributed by atoms with van der Waals surface area (Å²) >= 11 is 0. The molecule has 3 rings (SSSR count). The molecule has 0 saturated heterocycles. The van der Waals surface area contributed by atoms with E-state index in [4.69, 9.17) is 0 Å². The lowest BCUT2D eigenvalue weighted by atomic mass is 9.86. The van der Waals surface area contributed by atoms with Crippen LogP contribution in [0.15, 0.2) is 12.4 Å². The third kappa shape index (κ3) is 2.59. The van der Waals surface area contributed by atoms with Crippen molar-refractivity contribution in [2.45, 2.75) is 57.6 Å². The standard InChI is InChI=1S/C16H22N4O2/c1-15(2,16(3,4)22)20-14(21)10-7-17-13-12(10)19-11(8-18-13)9-5-6-9/h7-9,22H,5-6H2,1-4H3,(H,17,18)(H,20,21). The molecule has 0 atom stereocenters. The van der Waals surface area contributed by atoms with Gasteiger partial charge >= 0.3 is 0 Å². The van der Waals surface area contributed by atoms with Crippen LogP contribution in [0, 0.1) is 0 Å². The zero-order valence-electron chi connectivity index (χ0n) is 13.4. The van der Waals surface area contributed by atoms with Gasteiger partial charge in [0.25, 0.3) is 5.91 Å². The van der Waals surface area contributed by atoms with Gasteiger partial charge in [0.1, 0.15) is 5.52 Å². The maximum Gasteiger partial charge on any atom is 0.255 e. The molecule has 22 heavy (non-hydrogen) atoms. The second-order valence-electron chi connectivity index (χ2n) is 7.11. The van der Waals surface area contributed by atoms with Crippen LogP contribution in [0.1, 0.15) is 62.5 Å². The van der Waals surface area contributed by atoms with Crippen molar-refractivity contribution in [3.63, 3.8) is 0 Å². The van der Waals surface area contributed by atoms with Crippen LogP contribution in [-0.4, -0.2) is 37.1 Å². The molecule has 0 spiro atoms. The van der Waals surface area contributed by atoms with Crippen LogP contribution in [0.25, 0.3) is 11.2 Å². The summed E-state index contributed by atoms with van der Waals surface area (Å²) in [4.78, 5) is 24.5. The van der Waals surface area contributed by atoms with Crippen LogP contribution >= 0.6 is 0 Å². The third-order valence-corrected chi connectivity index (χ3v) is 4.60. The van der Waals surface area contributed by atoms with Gasteiger partial charge in [-0.1, -0.05) is 0 Å². The highest BCUT2D eigenvalue weighted by Gasteiger charge is 2.37. The fourth-order valence-electron chi connectivity index (χ4n) is 2.16. The molecule has 0 aliphatic heterocycles. The Morgan fingerprint density at radius 2 is 2.05 bits per heavy atom. The minimum Gasteiger partial charge on any atom is -0.388 e. The Bertz CT molecular complexity index is 723. The lowest BCUT2D eigenvalue weighted by Crippen LogP contribution is -2.57. The molecule has 3 N–H and O–H groups in total. The summed E-state index contributed by atoms with van der Waals surface area (Å²) in [6, 6.07) is 0. The highest BCUT2D eigenvalue weighted by molar-refractivity contribution is 6.04. The first-order chi connectivity index (χ1) is 10.2. The molecule has 1 aliphatic rings. The molecule has 1 aliphatic carbocycles. The highest BCUT2D eigenvalue weighted by Crippen LogP contribution is 2.39. The van der Waals surface area contributed by atoms with E-state index in [1.807, 2.05) is 0 Å². The van der Waals surface area contributed by atoms with Gasteiger partial charge in [0, 0.05) is 12.1 Å². The van der Waals surface area contributed by atoms with Crippen molar-refractivity contribution in [1.82, 2.24) is 20.3 Å². The molecule has 1 amide bonds. The Kier molecular flexibility index (Phi) is 3.25. The number of amides is 1. The monoisotopic (exact) mass is 302 g/mol. The van der Waals surface area contributed by atoms with E-state index in [9.17, 15) is 9.90 Å². The molecule has 118 valence electrons. The quantitative estimate of drug-likeness (QED) is 0.806. The Morgan fingerprint density at radius 3 is 2.64 bits per heavy atom. The average Bonchev–Trinajstić information content (AvgIpc) is 3.16. The molecule has 0 aromatic carbocycles. The molecule has 0 unspecified atom stereocenters. The zero-order chi connectivity index (χ0) is 16.1. The van der Waals surface area contributed by atoms with Crippen molar-refractivity contribution >= 4 is 17.1 Å². The third-order valence-electron chi connectivity index (χ3n) is 4.60. The van der Waals surface area contributed by atoms with E-state index < -0.39 is 11.1 Å². The second kappa shape index (κ2) is 4.78. The first kappa shape index (κ1) is 15.0. The summed E-state index contributed by atoms with van der Waals surface area (Å²) in [6.07, 6.45) is 5.67. The second-order valence-corrected chi connectivity index (χ2v) is 7.11. The lowest BCUT2D eigenvalue weighted by Gasteiger charge is -2.37. The maximum absolute atomic E-state index is 12.6. The minimum atomic E-state index is -1.04. The van der Waals surface area contributed by atoms with Crippen LogP contribution in [0.2, 0.25) is 0 Å². The fourth-order valence-corrected chi connectivity index (χ4v) is 2.16. The highest BCUT2D eigenvalue weighted by atomic mass is 16.3. The topological polar surface area (TPSA) is 90.9 Å². The summed E-state index contributed by atoms with van der Waals surface area (Å²) in [5.74, 6) is 0.219. The average molecular weight is 302 g/mol. The number of nitrogens with one attached hydrogen (secondary N) is 2. The number of aromatic amines is 1. The predicted octanol–water partition coefficient (Wildman–Crippen LogP) is 2.11. The fraction of sp³-hybridized carbons (Fsp3) is 0.562. The Hall–Kier alpha value is -1.95. The SMILES string of the molecule is CC(C)(O)C(C)(C)NC(=O)c1c[nH]c2ncc(C3CC3)nc12. The first-order valence-electron chi connectivity index (χ1n) is 7.58. The molecule has 1 fully saturated rings. The molecule has 2 heterocycles. The summed E-state index contributed by atoms with van der Waals surface area (Å²) < 4.78 is 0. The number of carbonyl (C=O) groups is 1. The number of rotatable bonds is 4. The molecule has 6 nitrogen and oxygen atoms in total. The normalized spacial score (nSPS) is 16.0. The first-order valence-corrected chi connectivity index (χ1v) is 7.58. The largest absolute Gasteiger partial charge is 0.388 e. The van der Waals surface area contributed by atoms with Gasteiger partial charge in [-0.25, -0.2) is 9.97 Å². The van der Waals surface area contributed by atoms with Crippen LogP contribution in [0.4, 0.5) is 0 Å². The van der Waals surface area contributed by atoms with Crippen molar-refractivity contribution in [1.29, 1.82) is 0 Å². The van der Waals surface area contributed by atoms with Gasteiger partial charge < -0.3 is 15.4 Å². The number of H-pyrrole nitrogens is 1. The summed E-state index contributed by atoms with van der Waals surface area (Å²) in [6.45, 7) is 6.93. The number of nitrogens with zero attached hydrogens (tertiary/aromatic N) is 2. The van der Waals surface area contributed by atoms with Crippen molar-refractivity contribution < 1.29 is 9.90 Å². The summed E-state index contributed by atoms with van der Waals surface area (Å²) in [7, 11) is 0. The van der Waals surface area contributed by atoms with Gasteiger partial charge in [-0.3, -0.25) is 4.79 Å². The van der Waals surface area contributed by atoms with Crippen LogP contribution in [-0.2, 0) is 0 Å².